The van der Waals surface area contributed by atoms with Crippen molar-refractivity contribution in [2.24, 2.45) is 5.92 Å². The molecule has 1 saturated heterocycles. The van der Waals surface area contributed by atoms with Crippen molar-refractivity contribution in [2.75, 3.05) is 31.1 Å². The number of aromatic nitrogens is 1. The number of ketones is 1. The Morgan fingerprint density at radius 1 is 1.03 bits per heavy atom. The Hall–Kier alpha value is -3.62. The number of benzene rings is 2. The van der Waals surface area contributed by atoms with Gasteiger partial charge in [-0.05, 0) is 53.8 Å². The number of pyridine rings is 1. The molecule has 0 aliphatic carbocycles. The standard InChI is InChI=1S/C28H30N4O5S/c1-19(2)27(28(34)35)32(38(36)37)31-16-14-30(15-17-31)24-10-7-21(8-11-24)4-5-22-6-9-23-12-13-29-26(20(3)33)25(23)18-22/h6-13,18-19,27H,14-17H2,1-3H3,(H,34,35)(H,36,37)/p-1. The Kier molecular flexibility index (Phi) is 8.54. The lowest BCUT2D eigenvalue weighted by Crippen LogP contribution is -2.60. The highest BCUT2D eigenvalue weighted by atomic mass is 32.2. The number of carboxylic acid groups (broad SMARTS) is 1. The zero-order valence-electron chi connectivity index (χ0n) is 21.5. The third-order valence-corrected chi connectivity index (χ3v) is 7.26. The lowest BCUT2D eigenvalue weighted by atomic mass is 10.0. The first-order chi connectivity index (χ1) is 18.2. The second-order valence-corrected chi connectivity index (χ2v) is 10.2. The van der Waals surface area contributed by atoms with Crippen molar-refractivity contribution in [1.29, 1.82) is 0 Å². The molecule has 0 bridgehead atoms. The van der Waals surface area contributed by atoms with Crippen LogP contribution in [0.3, 0.4) is 0 Å². The Bertz CT molecular complexity index is 1420. The Balaban J connectivity index is 1.44. The average Bonchev–Trinajstić information content (AvgIpc) is 2.89. The van der Waals surface area contributed by atoms with Crippen LogP contribution in [0.1, 0.15) is 42.4 Å². The number of rotatable bonds is 7. The minimum Gasteiger partial charge on any atom is -0.759 e. The molecule has 198 valence electrons. The SMILES string of the molecule is CC(=O)c1nccc2ccc(C#Cc3ccc(N4CCN(N(C(C(=O)O)C(C)C)S(=O)[O-])CC4)cc3)cc12. The van der Waals surface area contributed by atoms with Crippen LogP contribution in [0, 0.1) is 17.8 Å². The molecule has 38 heavy (non-hydrogen) atoms. The van der Waals surface area contributed by atoms with Crippen LogP contribution in [0.15, 0.2) is 54.7 Å². The number of fused-ring (bicyclic) bond motifs is 1. The van der Waals surface area contributed by atoms with Crippen molar-refractivity contribution in [2.45, 2.75) is 26.8 Å². The number of carboxylic acids is 1. The van der Waals surface area contributed by atoms with Crippen LogP contribution in [0.25, 0.3) is 10.8 Å². The number of nitrogens with zero attached hydrogens (tertiary/aromatic N) is 4. The normalized spacial score (nSPS) is 15.8. The van der Waals surface area contributed by atoms with Gasteiger partial charge in [0.05, 0.1) is 0 Å². The van der Waals surface area contributed by atoms with Crippen LogP contribution in [0.5, 0.6) is 0 Å². The van der Waals surface area contributed by atoms with Gasteiger partial charge in [0.15, 0.2) is 5.78 Å². The summed E-state index contributed by atoms with van der Waals surface area (Å²) >= 11 is -2.69. The molecule has 2 heterocycles. The number of piperazine rings is 1. The molecule has 0 amide bonds. The maximum absolute atomic E-state index is 11.9. The Labute approximate surface area is 224 Å². The summed E-state index contributed by atoms with van der Waals surface area (Å²) in [5, 5.41) is 12.9. The number of hydrogen-bond acceptors (Lipinski definition) is 7. The maximum atomic E-state index is 11.9. The van der Waals surface area contributed by atoms with Gasteiger partial charge in [0, 0.05) is 72.8 Å². The first-order valence-corrected chi connectivity index (χ1v) is 13.3. The molecule has 2 unspecified atom stereocenters. The van der Waals surface area contributed by atoms with Crippen molar-refractivity contribution < 1.29 is 23.5 Å². The molecule has 1 N–H and O–H groups in total. The van der Waals surface area contributed by atoms with E-state index in [1.54, 1.807) is 25.1 Å². The van der Waals surface area contributed by atoms with Gasteiger partial charge in [0.2, 0.25) is 0 Å². The first-order valence-electron chi connectivity index (χ1n) is 12.3. The molecule has 4 rings (SSSR count). The molecule has 10 heteroatoms. The van der Waals surface area contributed by atoms with Gasteiger partial charge in [0.25, 0.3) is 0 Å². The summed E-state index contributed by atoms with van der Waals surface area (Å²) in [6.45, 7) is 6.75. The molecule has 1 aliphatic heterocycles. The van der Waals surface area contributed by atoms with Gasteiger partial charge >= 0.3 is 5.97 Å². The number of anilines is 1. The number of carbonyl (C=O) groups is 2. The molecule has 0 saturated carbocycles. The largest absolute Gasteiger partial charge is 0.759 e. The summed E-state index contributed by atoms with van der Waals surface area (Å²) in [6.07, 6.45) is 1.63. The molecule has 0 radical (unpaired) electrons. The van der Waals surface area contributed by atoms with Crippen LogP contribution in [-0.4, -0.2) is 72.2 Å². The average molecular weight is 534 g/mol. The van der Waals surface area contributed by atoms with E-state index in [4.69, 9.17) is 0 Å². The predicted octanol–water partition coefficient (Wildman–Crippen LogP) is 3.08. The topological polar surface area (TPSA) is 117 Å². The van der Waals surface area contributed by atoms with E-state index in [0.717, 1.165) is 32.0 Å². The first kappa shape index (κ1) is 27.4. The minimum atomic E-state index is -2.69. The molecule has 1 aromatic heterocycles. The smallest absolute Gasteiger partial charge is 0.323 e. The van der Waals surface area contributed by atoms with E-state index in [0.29, 0.717) is 31.9 Å². The van der Waals surface area contributed by atoms with Crippen molar-refractivity contribution in [3.8, 4) is 11.8 Å². The molecule has 0 spiro atoms. The molecule has 1 fully saturated rings. The minimum absolute atomic E-state index is 0.0900. The van der Waals surface area contributed by atoms with Crippen LogP contribution in [0.4, 0.5) is 5.69 Å². The number of hydrazine groups is 1. The fourth-order valence-electron chi connectivity index (χ4n) is 4.58. The van der Waals surface area contributed by atoms with E-state index < -0.39 is 23.3 Å². The maximum Gasteiger partial charge on any atom is 0.323 e. The van der Waals surface area contributed by atoms with E-state index >= 15 is 0 Å². The lowest BCUT2D eigenvalue weighted by molar-refractivity contribution is -0.149. The van der Waals surface area contributed by atoms with Crippen molar-refractivity contribution in [3.05, 3.63) is 71.5 Å². The van der Waals surface area contributed by atoms with E-state index in [2.05, 4.69) is 21.7 Å². The van der Waals surface area contributed by atoms with E-state index in [-0.39, 0.29) is 11.7 Å². The molecule has 3 aromatic rings. The third-order valence-electron chi connectivity index (χ3n) is 6.49. The quantitative estimate of drug-likeness (QED) is 0.280. The zero-order valence-corrected chi connectivity index (χ0v) is 22.3. The van der Waals surface area contributed by atoms with Crippen LogP contribution in [0.2, 0.25) is 0 Å². The number of Topliss-reactive ketones (excluding diaryl/α,β-unsaturated/α-hetero) is 1. The number of aliphatic carboxylic acids is 1. The number of carbonyl (C=O) groups excluding carboxylic acids is 1. The highest BCUT2D eigenvalue weighted by molar-refractivity contribution is 7.76. The molecular formula is C28H29N4O5S-. The Morgan fingerprint density at radius 3 is 2.24 bits per heavy atom. The monoisotopic (exact) mass is 533 g/mol. The van der Waals surface area contributed by atoms with Crippen molar-refractivity contribution in [1.82, 2.24) is 14.4 Å². The molecule has 9 nitrogen and oxygen atoms in total. The van der Waals surface area contributed by atoms with Crippen molar-refractivity contribution in [3.63, 3.8) is 0 Å². The zero-order chi connectivity index (χ0) is 27.4. The second-order valence-electron chi connectivity index (χ2n) is 9.44. The van der Waals surface area contributed by atoms with Gasteiger partial charge < -0.3 is 14.6 Å². The van der Waals surface area contributed by atoms with Gasteiger partial charge in [-0.3, -0.25) is 18.8 Å². The second kappa shape index (κ2) is 11.8. The fourth-order valence-corrected chi connectivity index (χ4v) is 5.45. The Morgan fingerprint density at radius 2 is 1.66 bits per heavy atom. The van der Waals surface area contributed by atoms with E-state index in [9.17, 15) is 23.5 Å². The van der Waals surface area contributed by atoms with Crippen molar-refractivity contribution >= 4 is 39.5 Å². The van der Waals surface area contributed by atoms with E-state index in [1.165, 1.54) is 6.92 Å². The molecule has 2 atom stereocenters. The van der Waals surface area contributed by atoms with Crippen LogP contribution >= 0.6 is 0 Å². The van der Waals surface area contributed by atoms with Gasteiger partial charge in [0.1, 0.15) is 11.7 Å². The highest BCUT2D eigenvalue weighted by Crippen LogP contribution is 2.22. The van der Waals surface area contributed by atoms with Gasteiger partial charge in [-0.25, -0.2) is 5.01 Å². The van der Waals surface area contributed by atoms with E-state index in [1.807, 2.05) is 48.5 Å². The summed E-state index contributed by atoms with van der Waals surface area (Å²) in [5.74, 6) is 4.68. The lowest BCUT2D eigenvalue weighted by Gasteiger charge is -2.45. The predicted molar refractivity (Wildman–Crippen MR) is 145 cm³/mol. The third kappa shape index (κ3) is 6.09. The summed E-state index contributed by atoms with van der Waals surface area (Å²) in [6, 6.07) is 14.2. The fraction of sp³-hybridized carbons (Fsp3) is 0.321. The molecular weight excluding hydrogens is 504 g/mol. The molecule has 1 aliphatic rings. The highest BCUT2D eigenvalue weighted by Gasteiger charge is 2.35. The summed E-state index contributed by atoms with van der Waals surface area (Å²) in [5.41, 5.74) is 3.03. The summed E-state index contributed by atoms with van der Waals surface area (Å²) in [7, 11) is 0. The molecule has 2 aromatic carbocycles. The van der Waals surface area contributed by atoms with Crippen LogP contribution < -0.4 is 4.90 Å². The summed E-state index contributed by atoms with van der Waals surface area (Å²) < 4.78 is 24.7. The van der Waals surface area contributed by atoms with Gasteiger partial charge in [-0.15, -0.1) is 0 Å². The van der Waals surface area contributed by atoms with Gasteiger partial charge in [-0.1, -0.05) is 31.8 Å². The van der Waals surface area contributed by atoms with Crippen LogP contribution in [-0.2, 0) is 16.1 Å². The van der Waals surface area contributed by atoms with Gasteiger partial charge in [-0.2, -0.15) is 4.41 Å². The summed E-state index contributed by atoms with van der Waals surface area (Å²) in [4.78, 5) is 30.0. The number of hydrogen-bond donors (Lipinski definition) is 1.